The van der Waals surface area contributed by atoms with Crippen molar-refractivity contribution in [2.24, 2.45) is 0 Å². The van der Waals surface area contributed by atoms with Gasteiger partial charge in [-0.3, -0.25) is 0 Å². The minimum absolute atomic E-state index is 0.410. The molecule has 0 saturated heterocycles. The summed E-state index contributed by atoms with van der Waals surface area (Å²) in [4.78, 5) is 1.48. The summed E-state index contributed by atoms with van der Waals surface area (Å²) >= 11 is 0. The van der Waals surface area contributed by atoms with E-state index in [1.165, 1.54) is 4.80 Å². The molecule has 5 nitrogen and oxygen atoms in total. The quantitative estimate of drug-likeness (QED) is 0.619. The highest BCUT2D eigenvalue weighted by Crippen LogP contribution is 1.91. The zero-order valence-electron chi connectivity index (χ0n) is 8.23. The first kappa shape index (κ1) is 10.1. The van der Waals surface area contributed by atoms with Crippen molar-refractivity contribution in [3.05, 3.63) is 5.82 Å². The molecule has 74 valence electrons. The maximum Gasteiger partial charge on any atom is 0.174 e. The van der Waals surface area contributed by atoms with Crippen LogP contribution in [0.4, 0.5) is 0 Å². The fourth-order valence-corrected chi connectivity index (χ4v) is 0.865. The molecule has 13 heavy (non-hydrogen) atoms. The van der Waals surface area contributed by atoms with E-state index in [-0.39, 0.29) is 0 Å². The summed E-state index contributed by atoms with van der Waals surface area (Å²) in [5, 5.41) is 11.8. The predicted molar refractivity (Wildman–Crippen MR) is 48.1 cm³/mol. The van der Waals surface area contributed by atoms with Gasteiger partial charge in [0, 0.05) is 13.0 Å². The lowest BCUT2D eigenvalue weighted by molar-refractivity contribution is 0.0562. The summed E-state index contributed by atoms with van der Waals surface area (Å²) in [6.45, 7) is 5.30. The van der Waals surface area contributed by atoms with Gasteiger partial charge >= 0.3 is 0 Å². The van der Waals surface area contributed by atoms with Crippen molar-refractivity contribution in [2.45, 2.75) is 39.8 Å². The number of unbranched alkanes of at least 4 members (excludes halogenated alkanes) is 1. The van der Waals surface area contributed by atoms with Crippen LogP contribution >= 0.6 is 0 Å². The predicted octanol–water partition coefficient (Wildman–Crippen LogP) is 1.01. The number of nitrogens with zero attached hydrogens (tertiary/aromatic N) is 4. The third-order valence-corrected chi connectivity index (χ3v) is 1.66. The van der Waals surface area contributed by atoms with Crippen LogP contribution in [-0.4, -0.2) is 26.8 Å². The Kier molecular flexibility index (Phi) is 4.39. The second kappa shape index (κ2) is 5.64. The smallest absolute Gasteiger partial charge is 0.174 e. The first-order chi connectivity index (χ1) is 6.36. The minimum Gasteiger partial charge on any atom is -0.357 e. The number of ether oxygens (including phenoxy) is 1. The summed E-state index contributed by atoms with van der Waals surface area (Å²) in [7, 11) is 0. The highest BCUT2D eigenvalue weighted by Gasteiger charge is 1.98. The van der Waals surface area contributed by atoms with E-state index in [0.717, 1.165) is 31.7 Å². The van der Waals surface area contributed by atoms with E-state index in [0.29, 0.717) is 6.73 Å². The summed E-state index contributed by atoms with van der Waals surface area (Å²) in [6, 6.07) is 0. The van der Waals surface area contributed by atoms with Crippen molar-refractivity contribution in [3.63, 3.8) is 0 Å². The Morgan fingerprint density at radius 2 is 2.23 bits per heavy atom. The molecular formula is C8H16N4O. The zero-order valence-corrected chi connectivity index (χ0v) is 8.23. The first-order valence-electron chi connectivity index (χ1n) is 4.71. The van der Waals surface area contributed by atoms with Gasteiger partial charge in [0.15, 0.2) is 12.6 Å². The Morgan fingerprint density at radius 1 is 1.38 bits per heavy atom. The van der Waals surface area contributed by atoms with Gasteiger partial charge in [0.1, 0.15) is 0 Å². The fraction of sp³-hybridized carbons (Fsp3) is 0.875. The van der Waals surface area contributed by atoms with E-state index in [9.17, 15) is 0 Å². The van der Waals surface area contributed by atoms with Gasteiger partial charge in [-0.25, -0.2) is 0 Å². The molecule has 1 rings (SSSR count). The molecule has 0 aliphatic heterocycles. The third kappa shape index (κ3) is 3.50. The molecule has 0 aliphatic rings. The van der Waals surface area contributed by atoms with E-state index in [1.807, 2.05) is 6.92 Å². The van der Waals surface area contributed by atoms with E-state index < -0.39 is 0 Å². The Labute approximate surface area is 78.1 Å². The molecule has 0 spiro atoms. The van der Waals surface area contributed by atoms with Gasteiger partial charge in [0.05, 0.1) is 0 Å². The van der Waals surface area contributed by atoms with Crippen molar-refractivity contribution in [1.29, 1.82) is 0 Å². The van der Waals surface area contributed by atoms with Crippen LogP contribution in [0.25, 0.3) is 0 Å². The van der Waals surface area contributed by atoms with Crippen LogP contribution in [0.2, 0.25) is 0 Å². The van der Waals surface area contributed by atoms with Crippen molar-refractivity contribution in [2.75, 3.05) is 6.61 Å². The summed E-state index contributed by atoms with van der Waals surface area (Å²) in [5.74, 6) is 0.763. The third-order valence-electron chi connectivity index (χ3n) is 1.66. The standard InChI is InChI=1S/C8H16N4O/c1-3-5-6-13-7-12-10-8(4-2)9-11-12/h3-7H2,1-2H3. The molecular weight excluding hydrogens is 168 g/mol. The average Bonchev–Trinajstić information content (AvgIpc) is 2.60. The maximum absolute atomic E-state index is 5.32. The Morgan fingerprint density at radius 3 is 2.85 bits per heavy atom. The zero-order chi connectivity index (χ0) is 9.52. The highest BCUT2D eigenvalue weighted by atomic mass is 16.5. The molecule has 0 unspecified atom stereocenters. The lowest BCUT2D eigenvalue weighted by atomic mass is 10.4. The lowest BCUT2D eigenvalue weighted by Gasteiger charge is -1.99. The molecule has 0 bridgehead atoms. The van der Waals surface area contributed by atoms with Crippen LogP contribution in [0.5, 0.6) is 0 Å². The van der Waals surface area contributed by atoms with Crippen molar-refractivity contribution in [3.8, 4) is 0 Å². The first-order valence-corrected chi connectivity index (χ1v) is 4.71. The average molecular weight is 184 g/mol. The van der Waals surface area contributed by atoms with E-state index in [4.69, 9.17) is 4.74 Å². The van der Waals surface area contributed by atoms with Crippen LogP contribution in [0.3, 0.4) is 0 Å². The van der Waals surface area contributed by atoms with Gasteiger partial charge in [0.25, 0.3) is 0 Å². The van der Waals surface area contributed by atoms with E-state index in [1.54, 1.807) is 0 Å². The molecule has 1 heterocycles. The normalized spacial score (nSPS) is 10.6. The summed E-state index contributed by atoms with van der Waals surface area (Å²) < 4.78 is 5.32. The molecule has 0 aromatic carbocycles. The van der Waals surface area contributed by atoms with Crippen LogP contribution in [0, 0.1) is 0 Å². The van der Waals surface area contributed by atoms with Gasteiger partial charge in [-0.05, 0) is 11.6 Å². The monoisotopic (exact) mass is 184 g/mol. The molecule has 0 radical (unpaired) electrons. The topological polar surface area (TPSA) is 52.8 Å². The van der Waals surface area contributed by atoms with Crippen molar-refractivity contribution < 1.29 is 4.74 Å². The molecule has 0 N–H and O–H groups in total. The van der Waals surface area contributed by atoms with Gasteiger partial charge in [0.2, 0.25) is 0 Å². The van der Waals surface area contributed by atoms with Gasteiger partial charge in [-0.15, -0.1) is 15.0 Å². The maximum atomic E-state index is 5.32. The van der Waals surface area contributed by atoms with Crippen LogP contribution in [-0.2, 0) is 17.9 Å². The molecule has 1 aromatic rings. The SMILES string of the molecule is CCCCOCn1nnc(CC)n1. The Bertz CT molecular complexity index is 236. The number of hydrogen-bond acceptors (Lipinski definition) is 4. The van der Waals surface area contributed by atoms with E-state index >= 15 is 0 Å². The number of aryl methyl sites for hydroxylation is 1. The van der Waals surface area contributed by atoms with Gasteiger partial charge < -0.3 is 4.74 Å². The molecule has 0 fully saturated rings. The Balaban J connectivity index is 2.20. The molecule has 0 saturated carbocycles. The lowest BCUT2D eigenvalue weighted by Crippen LogP contribution is -2.07. The van der Waals surface area contributed by atoms with Gasteiger partial charge in [-0.1, -0.05) is 20.3 Å². The fourth-order valence-electron chi connectivity index (χ4n) is 0.865. The highest BCUT2D eigenvalue weighted by molar-refractivity contribution is 4.72. The van der Waals surface area contributed by atoms with Gasteiger partial charge in [-0.2, -0.15) is 0 Å². The number of aromatic nitrogens is 4. The molecule has 0 amide bonds. The largest absolute Gasteiger partial charge is 0.357 e. The van der Waals surface area contributed by atoms with Crippen molar-refractivity contribution >= 4 is 0 Å². The number of tetrazole rings is 1. The number of hydrogen-bond donors (Lipinski definition) is 0. The second-order valence-corrected chi connectivity index (χ2v) is 2.82. The summed E-state index contributed by atoms with van der Waals surface area (Å²) in [6.07, 6.45) is 3.04. The second-order valence-electron chi connectivity index (χ2n) is 2.82. The van der Waals surface area contributed by atoms with Crippen LogP contribution in [0.15, 0.2) is 0 Å². The molecule has 0 atom stereocenters. The van der Waals surface area contributed by atoms with Crippen LogP contribution in [0.1, 0.15) is 32.5 Å². The van der Waals surface area contributed by atoms with Crippen molar-refractivity contribution in [1.82, 2.24) is 20.2 Å². The summed E-state index contributed by atoms with van der Waals surface area (Å²) in [5.41, 5.74) is 0. The Hall–Kier alpha value is -0.970. The molecule has 0 aliphatic carbocycles. The molecule has 1 aromatic heterocycles. The minimum atomic E-state index is 0.410. The number of rotatable bonds is 6. The van der Waals surface area contributed by atoms with E-state index in [2.05, 4.69) is 22.3 Å². The molecule has 5 heteroatoms. The van der Waals surface area contributed by atoms with Crippen LogP contribution < -0.4 is 0 Å².